The average molecular weight is 216 g/mol. The molecule has 0 radical (unpaired) electrons. The lowest BCUT2D eigenvalue weighted by molar-refractivity contribution is -0.146. The highest BCUT2D eigenvalue weighted by Crippen LogP contribution is 2.28. The van der Waals surface area contributed by atoms with Crippen LogP contribution in [-0.4, -0.2) is 42.8 Å². The van der Waals surface area contributed by atoms with E-state index in [0.717, 1.165) is 0 Å². The lowest BCUT2D eigenvalue weighted by Gasteiger charge is -2.15. The first-order valence-corrected chi connectivity index (χ1v) is 4.71. The van der Waals surface area contributed by atoms with Crippen LogP contribution in [0.5, 0.6) is 0 Å². The minimum absolute atomic E-state index is 0.153. The zero-order valence-corrected chi connectivity index (χ0v) is 9.10. The van der Waals surface area contributed by atoms with Crippen LogP contribution in [0.2, 0.25) is 0 Å². The molecule has 1 N–H and O–H groups in total. The Bertz CT molecular complexity index is 259. The summed E-state index contributed by atoms with van der Waals surface area (Å²) in [6.45, 7) is 3.35. The second kappa shape index (κ2) is 4.74. The molecule has 86 valence electrons. The molecular formula is C10H16O5. The molecule has 15 heavy (non-hydrogen) atoms. The monoisotopic (exact) mass is 216 g/mol. The van der Waals surface area contributed by atoms with Gasteiger partial charge in [-0.05, 0) is 19.9 Å². The van der Waals surface area contributed by atoms with Crippen molar-refractivity contribution < 1.29 is 24.1 Å². The van der Waals surface area contributed by atoms with Gasteiger partial charge in [-0.1, -0.05) is 0 Å². The Hall–Kier alpha value is -0.910. The van der Waals surface area contributed by atoms with Gasteiger partial charge in [0.25, 0.3) is 0 Å². The van der Waals surface area contributed by atoms with Gasteiger partial charge in [-0.15, -0.1) is 0 Å². The first-order valence-electron chi connectivity index (χ1n) is 4.71. The van der Waals surface area contributed by atoms with Crippen LogP contribution in [0.25, 0.3) is 0 Å². The molecule has 1 heterocycles. The fourth-order valence-electron chi connectivity index (χ4n) is 1.41. The van der Waals surface area contributed by atoms with E-state index in [1.165, 1.54) is 19.3 Å². The first-order chi connectivity index (χ1) is 6.98. The number of methoxy groups -OCH3 is 1. The highest BCUT2D eigenvalue weighted by atomic mass is 16.8. The maximum Gasteiger partial charge on any atom is 0.330 e. The molecule has 0 aromatic heterocycles. The van der Waals surface area contributed by atoms with Crippen LogP contribution in [0.1, 0.15) is 13.8 Å². The zero-order valence-electron chi connectivity index (χ0n) is 9.10. The number of aliphatic hydroxyl groups excluding tert-OH is 1. The van der Waals surface area contributed by atoms with E-state index >= 15 is 0 Å². The van der Waals surface area contributed by atoms with Crippen LogP contribution in [0.4, 0.5) is 0 Å². The summed E-state index contributed by atoms with van der Waals surface area (Å²) in [5, 5.41) is 9.04. The Kier molecular flexibility index (Phi) is 3.84. The number of hydrogen-bond acceptors (Lipinski definition) is 5. The second-order valence-corrected chi connectivity index (χ2v) is 3.70. The lowest BCUT2D eigenvalue weighted by Crippen LogP contribution is -2.24. The van der Waals surface area contributed by atoms with Gasteiger partial charge < -0.3 is 19.3 Å². The molecule has 2 atom stereocenters. The molecule has 0 aromatic carbocycles. The molecular weight excluding hydrogens is 200 g/mol. The number of carbonyl (C=O) groups excluding carboxylic acids is 1. The molecule has 0 saturated carbocycles. The van der Waals surface area contributed by atoms with Gasteiger partial charge in [0, 0.05) is 6.08 Å². The third kappa shape index (κ3) is 3.30. The summed E-state index contributed by atoms with van der Waals surface area (Å²) in [5.41, 5.74) is 0. The summed E-state index contributed by atoms with van der Waals surface area (Å²) in [6.07, 6.45) is 1.92. The maximum atomic E-state index is 10.9. The Morgan fingerprint density at radius 2 is 2.20 bits per heavy atom. The third-order valence-corrected chi connectivity index (χ3v) is 2.02. The van der Waals surface area contributed by atoms with E-state index < -0.39 is 24.0 Å². The van der Waals surface area contributed by atoms with E-state index in [0.29, 0.717) is 0 Å². The Morgan fingerprint density at radius 1 is 1.53 bits per heavy atom. The van der Waals surface area contributed by atoms with Crippen molar-refractivity contribution in [2.24, 2.45) is 0 Å². The summed E-state index contributed by atoms with van der Waals surface area (Å²) >= 11 is 0. The van der Waals surface area contributed by atoms with Gasteiger partial charge in [0.15, 0.2) is 5.79 Å². The number of aliphatic hydroxyl groups is 1. The first kappa shape index (κ1) is 12.2. The van der Waals surface area contributed by atoms with E-state index in [9.17, 15) is 4.79 Å². The van der Waals surface area contributed by atoms with Crippen molar-refractivity contribution in [1.82, 2.24) is 0 Å². The summed E-state index contributed by atoms with van der Waals surface area (Å²) < 4.78 is 15.3. The van der Waals surface area contributed by atoms with Crippen LogP contribution < -0.4 is 0 Å². The van der Waals surface area contributed by atoms with Crippen molar-refractivity contribution in [3.63, 3.8) is 0 Å². The van der Waals surface area contributed by atoms with Crippen LogP contribution in [0, 0.1) is 0 Å². The van der Waals surface area contributed by atoms with E-state index in [2.05, 4.69) is 4.74 Å². The molecule has 0 aromatic rings. The molecule has 1 saturated heterocycles. The van der Waals surface area contributed by atoms with Crippen LogP contribution in [-0.2, 0) is 19.0 Å². The molecule has 1 aliphatic rings. The van der Waals surface area contributed by atoms with Gasteiger partial charge in [-0.25, -0.2) is 4.79 Å². The Morgan fingerprint density at radius 3 is 2.73 bits per heavy atom. The van der Waals surface area contributed by atoms with Crippen LogP contribution in [0.3, 0.4) is 0 Å². The molecule has 5 nitrogen and oxygen atoms in total. The Labute approximate surface area is 88.6 Å². The molecule has 0 unspecified atom stereocenters. The normalized spacial score (nSPS) is 29.6. The van der Waals surface area contributed by atoms with Gasteiger partial charge >= 0.3 is 5.97 Å². The number of carbonyl (C=O) groups is 1. The maximum absolute atomic E-state index is 10.9. The van der Waals surface area contributed by atoms with Crippen molar-refractivity contribution in [1.29, 1.82) is 0 Å². The molecule has 1 fully saturated rings. The van der Waals surface area contributed by atoms with E-state index in [4.69, 9.17) is 14.6 Å². The summed E-state index contributed by atoms with van der Waals surface area (Å²) in [4.78, 5) is 10.9. The summed E-state index contributed by atoms with van der Waals surface area (Å²) in [5.74, 6) is -1.20. The molecule has 0 aliphatic carbocycles. The van der Waals surface area contributed by atoms with Gasteiger partial charge in [-0.2, -0.15) is 0 Å². The largest absolute Gasteiger partial charge is 0.466 e. The number of hydrogen-bond donors (Lipinski definition) is 1. The predicted molar refractivity (Wildman–Crippen MR) is 52.1 cm³/mol. The number of esters is 1. The van der Waals surface area contributed by atoms with Gasteiger partial charge in [0.2, 0.25) is 0 Å². The van der Waals surface area contributed by atoms with Gasteiger partial charge in [-0.3, -0.25) is 0 Å². The molecule has 5 heteroatoms. The summed E-state index contributed by atoms with van der Waals surface area (Å²) in [7, 11) is 1.30. The van der Waals surface area contributed by atoms with Gasteiger partial charge in [0.1, 0.15) is 12.2 Å². The number of ether oxygens (including phenoxy) is 3. The average Bonchev–Trinajstić information content (AvgIpc) is 2.49. The van der Waals surface area contributed by atoms with Crippen molar-refractivity contribution >= 4 is 5.97 Å². The minimum Gasteiger partial charge on any atom is -0.466 e. The topological polar surface area (TPSA) is 65.0 Å². The molecule has 1 aliphatic heterocycles. The van der Waals surface area contributed by atoms with E-state index in [-0.39, 0.29) is 6.61 Å². The SMILES string of the molecule is COC(=O)/C=C/[C@@H]1OC(C)(C)O[C@@H]1CO. The van der Waals surface area contributed by atoms with Crippen LogP contribution >= 0.6 is 0 Å². The quantitative estimate of drug-likeness (QED) is 0.540. The number of rotatable bonds is 3. The zero-order chi connectivity index (χ0) is 11.5. The molecule has 1 rings (SSSR count). The fraction of sp³-hybridized carbons (Fsp3) is 0.700. The third-order valence-electron chi connectivity index (χ3n) is 2.02. The second-order valence-electron chi connectivity index (χ2n) is 3.70. The van der Waals surface area contributed by atoms with Crippen molar-refractivity contribution in [3.8, 4) is 0 Å². The smallest absolute Gasteiger partial charge is 0.330 e. The predicted octanol–water partition coefficient (Wildman–Crippen LogP) is 0.228. The molecule has 0 spiro atoms. The molecule has 0 bridgehead atoms. The Balaban J connectivity index is 2.61. The van der Waals surface area contributed by atoms with Crippen LogP contribution in [0.15, 0.2) is 12.2 Å². The van der Waals surface area contributed by atoms with Crippen molar-refractivity contribution in [2.45, 2.75) is 31.8 Å². The lowest BCUT2D eigenvalue weighted by atomic mass is 10.2. The fourth-order valence-corrected chi connectivity index (χ4v) is 1.41. The van der Waals surface area contributed by atoms with Crippen molar-refractivity contribution in [2.75, 3.05) is 13.7 Å². The molecule has 0 amide bonds. The van der Waals surface area contributed by atoms with E-state index in [1.54, 1.807) is 13.8 Å². The minimum atomic E-state index is -0.738. The van der Waals surface area contributed by atoms with Gasteiger partial charge in [0.05, 0.1) is 13.7 Å². The summed E-state index contributed by atoms with van der Waals surface area (Å²) in [6, 6.07) is 0. The highest BCUT2D eigenvalue weighted by Gasteiger charge is 2.39. The van der Waals surface area contributed by atoms with E-state index in [1.807, 2.05) is 0 Å². The van der Waals surface area contributed by atoms with Crippen molar-refractivity contribution in [3.05, 3.63) is 12.2 Å². The highest BCUT2D eigenvalue weighted by molar-refractivity contribution is 5.81. The standard InChI is InChI=1S/C10H16O5/c1-10(2)14-7(8(6-11)15-10)4-5-9(12)13-3/h4-5,7-8,11H,6H2,1-3H3/b5-4+/t7-,8+/m0/s1.